The monoisotopic (exact) mass is 284 g/mol. The Morgan fingerprint density at radius 1 is 1.10 bits per heavy atom. The largest absolute Gasteiger partial charge is 0.416 e. The predicted molar refractivity (Wildman–Crippen MR) is 64.0 cm³/mol. The molecule has 0 bridgehead atoms. The van der Waals surface area contributed by atoms with Crippen molar-refractivity contribution in [2.45, 2.75) is 31.0 Å². The van der Waals surface area contributed by atoms with Gasteiger partial charge in [0.25, 0.3) is 5.91 Å². The number of anilines is 1. The quantitative estimate of drug-likeness (QED) is 0.806. The van der Waals surface area contributed by atoms with Gasteiger partial charge >= 0.3 is 12.2 Å². The first-order valence-electron chi connectivity index (χ1n) is 6.17. The zero-order valence-corrected chi connectivity index (χ0v) is 10.3. The number of rotatable bonds is 1. The van der Waals surface area contributed by atoms with Crippen LogP contribution in [0.5, 0.6) is 0 Å². The summed E-state index contributed by atoms with van der Waals surface area (Å²) >= 11 is 0. The SMILES string of the molecule is O=C1NC2(CCC2)C(=O)N1c1ccc(C(F)(F)F)cc1. The van der Waals surface area contributed by atoms with E-state index in [4.69, 9.17) is 0 Å². The Morgan fingerprint density at radius 2 is 1.70 bits per heavy atom. The molecule has 1 spiro atoms. The maximum absolute atomic E-state index is 12.5. The van der Waals surface area contributed by atoms with Crippen molar-refractivity contribution < 1.29 is 22.8 Å². The second-order valence-corrected chi connectivity index (χ2v) is 5.05. The minimum Gasteiger partial charge on any atom is -0.323 e. The van der Waals surface area contributed by atoms with E-state index in [9.17, 15) is 22.8 Å². The maximum Gasteiger partial charge on any atom is 0.416 e. The Balaban J connectivity index is 1.90. The molecule has 4 nitrogen and oxygen atoms in total. The maximum atomic E-state index is 12.5. The molecule has 7 heteroatoms. The number of hydrogen-bond acceptors (Lipinski definition) is 2. The predicted octanol–water partition coefficient (Wildman–Crippen LogP) is 2.68. The van der Waals surface area contributed by atoms with E-state index in [1.165, 1.54) is 0 Å². The molecule has 2 fully saturated rings. The molecule has 1 N–H and O–H groups in total. The number of carbonyl (C=O) groups is 2. The highest BCUT2D eigenvalue weighted by atomic mass is 19.4. The molecule has 3 rings (SSSR count). The molecular weight excluding hydrogens is 273 g/mol. The average Bonchev–Trinajstić information content (AvgIpc) is 2.60. The molecule has 3 amide bonds. The molecule has 0 unspecified atom stereocenters. The summed E-state index contributed by atoms with van der Waals surface area (Å²) in [7, 11) is 0. The van der Waals surface area contributed by atoms with Crippen molar-refractivity contribution in [3.8, 4) is 0 Å². The van der Waals surface area contributed by atoms with Gasteiger partial charge < -0.3 is 5.32 Å². The molecule has 1 aliphatic carbocycles. The third-order valence-corrected chi connectivity index (χ3v) is 3.82. The van der Waals surface area contributed by atoms with Gasteiger partial charge in [0.2, 0.25) is 0 Å². The molecule has 1 aromatic carbocycles. The number of benzene rings is 1. The number of amides is 3. The fourth-order valence-electron chi connectivity index (χ4n) is 2.52. The summed E-state index contributed by atoms with van der Waals surface area (Å²) in [6.07, 6.45) is -2.43. The second kappa shape index (κ2) is 3.97. The van der Waals surface area contributed by atoms with E-state index in [0.717, 1.165) is 35.6 Å². The third-order valence-electron chi connectivity index (χ3n) is 3.82. The van der Waals surface area contributed by atoms with Crippen LogP contribution in [0.4, 0.5) is 23.7 Å². The lowest BCUT2D eigenvalue weighted by Crippen LogP contribution is -2.52. The van der Waals surface area contributed by atoms with Crippen molar-refractivity contribution in [1.29, 1.82) is 0 Å². The van der Waals surface area contributed by atoms with Crippen molar-refractivity contribution >= 4 is 17.6 Å². The van der Waals surface area contributed by atoms with Gasteiger partial charge in [-0.25, -0.2) is 9.69 Å². The molecule has 0 radical (unpaired) electrons. The van der Waals surface area contributed by atoms with Crippen LogP contribution >= 0.6 is 0 Å². The van der Waals surface area contributed by atoms with E-state index in [2.05, 4.69) is 5.32 Å². The van der Waals surface area contributed by atoms with E-state index in [1.54, 1.807) is 0 Å². The number of nitrogens with zero attached hydrogens (tertiary/aromatic N) is 1. The molecule has 20 heavy (non-hydrogen) atoms. The van der Waals surface area contributed by atoms with E-state index in [-0.39, 0.29) is 11.6 Å². The zero-order chi connectivity index (χ0) is 14.5. The number of urea groups is 1. The lowest BCUT2D eigenvalue weighted by Gasteiger charge is -2.34. The van der Waals surface area contributed by atoms with Crippen molar-refractivity contribution in [1.82, 2.24) is 5.32 Å². The van der Waals surface area contributed by atoms with Crippen molar-refractivity contribution in [3.63, 3.8) is 0 Å². The molecule has 0 atom stereocenters. The Bertz CT molecular complexity index is 576. The number of hydrogen-bond donors (Lipinski definition) is 1. The molecule has 1 saturated carbocycles. The third kappa shape index (κ3) is 1.76. The number of nitrogens with one attached hydrogen (secondary N) is 1. The molecule has 1 heterocycles. The summed E-state index contributed by atoms with van der Waals surface area (Å²) in [6.45, 7) is 0. The van der Waals surface area contributed by atoms with Gasteiger partial charge in [-0.05, 0) is 43.5 Å². The molecule has 106 valence electrons. The number of halogens is 3. The van der Waals surface area contributed by atoms with Gasteiger partial charge in [0.05, 0.1) is 11.3 Å². The van der Waals surface area contributed by atoms with Crippen LogP contribution in [0, 0.1) is 0 Å². The summed E-state index contributed by atoms with van der Waals surface area (Å²) in [4.78, 5) is 25.0. The van der Waals surface area contributed by atoms with Crippen LogP contribution in [0.3, 0.4) is 0 Å². The van der Waals surface area contributed by atoms with Gasteiger partial charge in [0.1, 0.15) is 5.54 Å². The molecule has 1 aliphatic heterocycles. The topological polar surface area (TPSA) is 49.4 Å². The zero-order valence-electron chi connectivity index (χ0n) is 10.3. The first-order chi connectivity index (χ1) is 9.33. The molecular formula is C13H11F3N2O2. The van der Waals surface area contributed by atoms with Crippen LogP contribution in [0.1, 0.15) is 24.8 Å². The lowest BCUT2D eigenvalue weighted by atomic mass is 9.77. The fraction of sp³-hybridized carbons (Fsp3) is 0.385. The summed E-state index contributed by atoms with van der Waals surface area (Å²) in [6, 6.07) is 3.42. The van der Waals surface area contributed by atoms with Crippen LogP contribution in [0.25, 0.3) is 0 Å². The lowest BCUT2D eigenvalue weighted by molar-refractivity contribution is -0.137. The van der Waals surface area contributed by atoms with Crippen molar-refractivity contribution in [3.05, 3.63) is 29.8 Å². The molecule has 0 aromatic heterocycles. The standard InChI is InChI=1S/C13H11F3N2O2/c14-13(15,16)8-2-4-9(5-3-8)18-10(19)12(6-1-7-12)17-11(18)20/h2-5H,1,6-7H2,(H,17,20). The van der Waals surface area contributed by atoms with Crippen LogP contribution in [-0.4, -0.2) is 17.5 Å². The van der Waals surface area contributed by atoms with Gasteiger partial charge in [-0.1, -0.05) is 0 Å². The van der Waals surface area contributed by atoms with Gasteiger partial charge in [-0.15, -0.1) is 0 Å². The van der Waals surface area contributed by atoms with Crippen LogP contribution in [0.15, 0.2) is 24.3 Å². The molecule has 1 aromatic rings. The Labute approximate surface area is 112 Å². The fourth-order valence-corrected chi connectivity index (χ4v) is 2.52. The summed E-state index contributed by atoms with van der Waals surface area (Å²) in [5.74, 6) is -0.381. The minimum absolute atomic E-state index is 0.157. The number of imide groups is 1. The smallest absolute Gasteiger partial charge is 0.323 e. The molecule has 1 saturated heterocycles. The first-order valence-corrected chi connectivity index (χ1v) is 6.17. The van der Waals surface area contributed by atoms with Gasteiger partial charge in [0.15, 0.2) is 0 Å². The Morgan fingerprint density at radius 3 is 2.10 bits per heavy atom. The van der Waals surface area contributed by atoms with Crippen LogP contribution < -0.4 is 10.2 Å². The highest BCUT2D eigenvalue weighted by Crippen LogP contribution is 2.39. The van der Waals surface area contributed by atoms with Crippen molar-refractivity contribution in [2.24, 2.45) is 0 Å². The van der Waals surface area contributed by atoms with Crippen LogP contribution in [0.2, 0.25) is 0 Å². The van der Waals surface area contributed by atoms with Gasteiger partial charge in [0, 0.05) is 0 Å². The highest BCUT2D eigenvalue weighted by molar-refractivity contribution is 6.23. The van der Waals surface area contributed by atoms with E-state index < -0.39 is 23.3 Å². The van der Waals surface area contributed by atoms with Gasteiger partial charge in [-0.2, -0.15) is 13.2 Å². The number of carbonyl (C=O) groups excluding carboxylic acids is 2. The first kappa shape index (κ1) is 13.0. The average molecular weight is 284 g/mol. The highest BCUT2D eigenvalue weighted by Gasteiger charge is 2.55. The summed E-state index contributed by atoms with van der Waals surface area (Å²) in [5.41, 5.74) is -1.49. The molecule has 2 aliphatic rings. The number of alkyl halides is 3. The Kier molecular flexibility index (Phi) is 2.57. The minimum atomic E-state index is -4.44. The van der Waals surface area contributed by atoms with E-state index in [1.807, 2.05) is 0 Å². The summed E-state index contributed by atoms with van der Waals surface area (Å²) < 4.78 is 37.4. The van der Waals surface area contributed by atoms with E-state index in [0.29, 0.717) is 12.8 Å². The Hall–Kier alpha value is -2.05. The second-order valence-electron chi connectivity index (χ2n) is 5.05. The normalized spacial score (nSPS) is 21.1. The van der Waals surface area contributed by atoms with Gasteiger partial charge in [-0.3, -0.25) is 4.79 Å². The van der Waals surface area contributed by atoms with Crippen LogP contribution in [-0.2, 0) is 11.0 Å². The summed E-state index contributed by atoms with van der Waals surface area (Å²) in [5, 5.41) is 2.63. The van der Waals surface area contributed by atoms with E-state index >= 15 is 0 Å². The van der Waals surface area contributed by atoms with Crippen molar-refractivity contribution in [2.75, 3.05) is 4.90 Å².